The van der Waals surface area contributed by atoms with Crippen molar-refractivity contribution in [2.24, 2.45) is 17.8 Å². The molecule has 1 rings (SSSR count). The van der Waals surface area contributed by atoms with E-state index in [4.69, 9.17) is 0 Å². The van der Waals surface area contributed by atoms with Crippen LogP contribution in [0.25, 0.3) is 0 Å². The van der Waals surface area contributed by atoms with Crippen molar-refractivity contribution in [1.82, 2.24) is 5.32 Å². The summed E-state index contributed by atoms with van der Waals surface area (Å²) in [6.45, 7) is 10.2. The molecule has 1 aliphatic heterocycles. The number of rotatable bonds is 2. The highest BCUT2D eigenvalue weighted by molar-refractivity contribution is 5.02. The predicted octanol–water partition coefficient (Wildman–Crippen LogP) is 2.44. The first kappa shape index (κ1) is 9.79. The van der Waals surface area contributed by atoms with Gasteiger partial charge in [-0.1, -0.05) is 39.8 Å². The topological polar surface area (TPSA) is 12.0 Å². The minimum Gasteiger partial charge on any atom is -0.310 e. The maximum absolute atomic E-state index is 3.56. The summed E-state index contributed by atoms with van der Waals surface area (Å²) in [5.41, 5.74) is 0. The molecule has 0 spiro atoms. The van der Waals surface area contributed by atoms with Gasteiger partial charge >= 0.3 is 0 Å². The van der Waals surface area contributed by atoms with E-state index in [1.54, 1.807) is 0 Å². The molecular formula is C11H21N. The maximum Gasteiger partial charge on any atom is 0.0158 e. The Morgan fingerprint density at radius 2 is 1.83 bits per heavy atom. The van der Waals surface area contributed by atoms with Crippen LogP contribution in [0.2, 0.25) is 0 Å². The van der Waals surface area contributed by atoms with E-state index >= 15 is 0 Å². The number of nitrogens with one attached hydrogen (secondary N) is 1. The summed E-state index contributed by atoms with van der Waals surface area (Å²) in [7, 11) is 0. The fourth-order valence-corrected chi connectivity index (χ4v) is 2.00. The van der Waals surface area contributed by atoms with E-state index in [-0.39, 0.29) is 0 Å². The summed E-state index contributed by atoms with van der Waals surface area (Å²) in [5.74, 6) is 2.21. The second-order valence-electron chi connectivity index (χ2n) is 4.43. The first-order valence-electron chi connectivity index (χ1n) is 5.03. The first-order chi connectivity index (χ1) is 5.63. The Labute approximate surface area is 76.2 Å². The quantitative estimate of drug-likeness (QED) is 0.623. The molecule has 1 heteroatoms. The molecule has 0 aromatic heterocycles. The van der Waals surface area contributed by atoms with E-state index in [0.717, 1.165) is 24.3 Å². The van der Waals surface area contributed by atoms with Crippen LogP contribution >= 0.6 is 0 Å². The normalized spacial score (nSPS) is 30.2. The lowest BCUT2D eigenvalue weighted by Gasteiger charge is -2.34. The molecule has 0 aromatic carbocycles. The third-order valence-corrected chi connectivity index (χ3v) is 2.73. The molecule has 0 aliphatic carbocycles. The van der Waals surface area contributed by atoms with Gasteiger partial charge in [0.1, 0.15) is 0 Å². The average Bonchev–Trinajstić information content (AvgIpc) is 2.04. The molecule has 0 amide bonds. The van der Waals surface area contributed by atoms with Gasteiger partial charge in [-0.3, -0.25) is 0 Å². The summed E-state index contributed by atoms with van der Waals surface area (Å²) in [6, 6.07) is 0.676. The molecular weight excluding hydrogens is 146 g/mol. The van der Waals surface area contributed by atoms with Crippen molar-refractivity contribution < 1.29 is 0 Å². The number of hydrogen-bond donors (Lipinski definition) is 1. The molecule has 2 atom stereocenters. The lowest BCUT2D eigenvalue weighted by atomic mass is 9.81. The van der Waals surface area contributed by atoms with Crippen LogP contribution in [-0.2, 0) is 0 Å². The molecule has 1 aliphatic rings. The molecule has 1 heterocycles. The highest BCUT2D eigenvalue weighted by atomic mass is 14.9. The van der Waals surface area contributed by atoms with Gasteiger partial charge in [0.15, 0.2) is 0 Å². The van der Waals surface area contributed by atoms with Crippen LogP contribution in [0.5, 0.6) is 0 Å². The fourth-order valence-electron chi connectivity index (χ4n) is 2.00. The summed E-state index contributed by atoms with van der Waals surface area (Å²) < 4.78 is 0. The van der Waals surface area contributed by atoms with Crippen LogP contribution in [0, 0.1) is 17.8 Å². The van der Waals surface area contributed by atoms with Gasteiger partial charge < -0.3 is 5.32 Å². The molecule has 2 unspecified atom stereocenters. The molecule has 1 nitrogen and oxygen atoms in total. The van der Waals surface area contributed by atoms with Gasteiger partial charge in [0, 0.05) is 12.6 Å². The van der Waals surface area contributed by atoms with E-state index in [1.807, 2.05) is 0 Å². The van der Waals surface area contributed by atoms with Crippen LogP contribution in [0.3, 0.4) is 0 Å². The Kier molecular flexibility index (Phi) is 3.33. The largest absolute Gasteiger partial charge is 0.310 e. The van der Waals surface area contributed by atoms with Gasteiger partial charge in [-0.05, 0) is 17.8 Å². The molecule has 0 radical (unpaired) electrons. The zero-order valence-electron chi connectivity index (χ0n) is 8.67. The Bertz CT molecular complexity index is 158. The van der Waals surface area contributed by atoms with E-state index < -0.39 is 0 Å². The molecule has 1 N–H and O–H groups in total. The van der Waals surface area contributed by atoms with E-state index in [9.17, 15) is 0 Å². The van der Waals surface area contributed by atoms with Crippen molar-refractivity contribution in [3.05, 3.63) is 12.2 Å². The zero-order chi connectivity index (χ0) is 9.14. The summed E-state index contributed by atoms with van der Waals surface area (Å²) in [6.07, 6.45) is 4.63. The Morgan fingerprint density at radius 3 is 2.25 bits per heavy atom. The van der Waals surface area contributed by atoms with Crippen molar-refractivity contribution in [1.29, 1.82) is 0 Å². The Morgan fingerprint density at radius 1 is 1.17 bits per heavy atom. The van der Waals surface area contributed by atoms with Crippen molar-refractivity contribution >= 4 is 0 Å². The molecule has 0 aromatic rings. The van der Waals surface area contributed by atoms with Crippen molar-refractivity contribution in [3.63, 3.8) is 0 Å². The minimum atomic E-state index is 0.676. The Hall–Kier alpha value is -0.300. The molecule has 0 saturated heterocycles. The standard InChI is InChI=1S/C11H21N/c1-8(2)10-6-5-7-12-11(10)9(3)4/h5-6,8-12H,7H2,1-4H3. The molecule has 70 valence electrons. The molecule has 0 fully saturated rings. The van der Waals surface area contributed by atoms with Gasteiger partial charge in [-0.25, -0.2) is 0 Å². The van der Waals surface area contributed by atoms with E-state index in [1.165, 1.54) is 0 Å². The van der Waals surface area contributed by atoms with Crippen LogP contribution in [0.4, 0.5) is 0 Å². The summed E-state index contributed by atoms with van der Waals surface area (Å²) in [5, 5.41) is 3.56. The SMILES string of the molecule is CC(C)C1C=CCNC1C(C)C. The summed E-state index contributed by atoms with van der Waals surface area (Å²) >= 11 is 0. The minimum absolute atomic E-state index is 0.676. The highest BCUT2D eigenvalue weighted by Crippen LogP contribution is 2.24. The van der Waals surface area contributed by atoms with Crippen LogP contribution in [0.1, 0.15) is 27.7 Å². The third kappa shape index (κ3) is 2.10. The third-order valence-electron chi connectivity index (χ3n) is 2.73. The maximum atomic E-state index is 3.56. The monoisotopic (exact) mass is 167 g/mol. The van der Waals surface area contributed by atoms with Gasteiger partial charge in [0.25, 0.3) is 0 Å². The van der Waals surface area contributed by atoms with E-state index in [2.05, 4.69) is 45.2 Å². The van der Waals surface area contributed by atoms with Crippen LogP contribution in [0.15, 0.2) is 12.2 Å². The predicted molar refractivity (Wildman–Crippen MR) is 54.1 cm³/mol. The second kappa shape index (κ2) is 4.08. The highest BCUT2D eigenvalue weighted by Gasteiger charge is 2.25. The summed E-state index contributed by atoms with van der Waals surface area (Å²) in [4.78, 5) is 0. The van der Waals surface area contributed by atoms with Gasteiger partial charge in [-0.15, -0.1) is 0 Å². The average molecular weight is 167 g/mol. The Balaban J connectivity index is 2.65. The molecule has 12 heavy (non-hydrogen) atoms. The lowest BCUT2D eigenvalue weighted by Crippen LogP contribution is -2.44. The van der Waals surface area contributed by atoms with Gasteiger partial charge in [0.2, 0.25) is 0 Å². The van der Waals surface area contributed by atoms with Gasteiger partial charge in [-0.2, -0.15) is 0 Å². The fraction of sp³-hybridized carbons (Fsp3) is 0.818. The number of hydrogen-bond acceptors (Lipinski definition) is 1. The molecule has 0 saturated carbocycles. The zero-order valence-corrected chi connectivity index (χ0v) is 8.67. The van der Waals surface area contributed by atoms with Crippen molar-refractivity contribution in [2.75, 3.05) is 6.54 Å². The lowest BCUT2D eigenvalue weighted by molar-refractivity contribution is 0.266. The van der Waals surface area contributed by atoms with Gasteiger partial charge in [0.05, 0.1) is 0 Å². The van der Waals surface area contributed by atoms with Crippen LogP contribution in [-0.4, -0.2) is 12.6 Å². The van der Waals surface area contributed by atoms with E-state index in [0.29, 0.717) is 6.04 Å². The second-order valence-corrected chi connectivity index (χ2v) is 4.43. The van der Waals surface area contributed by atoms with Crippen molar-refractivity contribution in [3.8, 4) is 0 Å². The first-order valence-corrected chi connectivity index (χ1v) is 5.03. The van der Waals surface area contributed by atoms with Crippen molar-refractivity contribution in [2.45, 2.75) is 33.7 Å². The smallest absolute Gasteiger partial charge is 0.0158 e. The molecule has 0 bridgehead atoms. The van der Waals surface area contributed by atoms with Crippen LogP contribution < -0.4 is 5.32 Å².